The first-order valence-electron chi connectivity index (χ1n) is 11.1. The predicted octanol–water partition coefficient (Wildman–Crippen LogP) is 3.57. The Morgan fingerprint density at radius 3 is 2.31 bits per heavy atom. The molecule has 3 rings (SSSR count). The van der Waals surface area contributed by atoms with Gasteiger partial charge in [-0.25, -0.2) is 0 Å². The Bertz CT molecular complexity index is 1170. The lowest BCUT2D eigenvalue weighted by Crippen LogP contribution is -2.33. The molecule has 0 bridgehead atoms. The third-order valence-corrected chi connectivity index (χ3v) is 5.25. The molecule has 0 heterocycles. The number of rotatable bonds is 10. The van der Waals surface area contributed by atoms with Crippen molar-refractivity contribution >= 4 is 46.2 Å². The zero-order valence-corrected chi connectivity index (χ0v) is 19.7. The maximum absolute atomic E-state index is 13.4. The molecule has 35 heavy (non-hydrogen) atoms. The van der Waals surface area contributed by atoms with Crippen LogP contribution in [0.1, 0.15) is 16.8 Å². The molecule has 9 heteroatoms. The summed E-state index contributed by atoms with van der Waals surface area (Å²) in [5.74, 6) is -1.00. The van der Waals surface area contributed by atoms with Crippen LogP contribution in [0.2, 0.25) is 0 Å². The predicted molar refractivity (Wildman–Crippen MR) is 139 cm³/mol. The first-order chi connectivity index (χ1) is 16.9. The smallest absolute Gasteiger partial charge is 0.307 e. The zero-order valence-electron chi connectivity index (χ0n) is 19.7. The van der Waals surface area contributed by atoms with Crippen molar-refractivity contribution in [2.75, 3.05) is 53.8 Å². The number of nitrogens with two attached hydrogens (primary N) is 1. The number of nitrogens with one attached hydrogen (secondary N) is 3. The van der Waals surface area contributed by atoms with Crippen molar-refractivity contribution in [2.45, 2.75) is 6.42 Å². The van der Waals surface area contributed by atoms with Crippen LogP contribution in [0.3, 0.4) is 0 Å². The van der Waals surface area contributed by atoms with Crippen molar-refractivity contribution in [1.29, 1.82) is 0 Å². The zero-order chi connectivity index (χ0) is 25.2. The molecule has 0 aliphatic rings. The van der Waals surface area contributed by atoms with E-state index in [0.717, 1.165) is 5.69 Å². The summed E-state index contributed by atoms with van der Waals surface area (Å²) in [5.41, 5.74) is 9.21. The lowest BCUT2D eigenvalue weighted by Gasteiger charge is -2.23. The highest BCUT2D eigenvalue weighted by atomic mass is 16.5. The molecule has 3 aromatic rings. The fourth-order valence-corrected chi connectivity index (χ4v) is 3.39. The van der Waals surface area contributed by atoms with Crippen LogP contribution in [0, 0.1) is 0 Å². The van der Waals surface area contributed by atoms with Crippen molar-refractivity contribution in [3.63, 3.8) is 0 Å². The second-order valence-corrected chi connectivity index (χ2v) is 7.65. The number of nitrogen functional groups attached to an aromatic ring is 1. The van der Waals surface area contributed by atoms with E-state index >= 15 is 0 Å². The molecule has 0 atom stereocenters. The topological polar surface area (TPSA) is 126 Å². The van der Waals surface area contributed by atoms with Crippen LogP contribution in [0.25, 0.3) is 0 Å². The minimum Gasteiger partial charge on any atom is -0.469 e. The van der Waals surface area contributed by atoms with Crippen LogP contribution >= 0.6 is 0 Å². The van der Waals surface area contributed by atoms with Crippen LogP contribution in [0.4, 0.5) is 28.4 Å². The molecule has 5 N–H and O–H groups in total. The Hall–Kier alpha value is -4.53. The number of carbonyl (C=O) groups is 3. The van der Waals surface area contributed by atoms with E-state index in [0.29, 0.717) is 28.3 Å². The van der Waals surface area contributed by atoms with E-state index in [2.05, 4.69) is 16.0 Å². The van der Waals surface area contributed by atoms with Crippen LogP contribution in [0.15, 0.2) is 72.8 Å². The monoisotopic (exact) mass is 475 g/mol. The molecular formula is C26H29N5O4. The summed E-state index contributed by atoms with van der Waals surface area (Å²) < 4.78 is 4.73. The van der Waals surface area contributed by atoms with Gasteiger partial charge in [0.05, 0.1) is 31.5 Å². The third kappa shape index (κ3) is 6.97. The second kappa shape index (κ2) is 12.1. The molecule has 0 fully saturated rings. The van der Waals surface area contributed by atoms with Crippen molar-refractivity contribution in [3.05, 3.63) is 78.4 Å². The van der Waals surface area contributed by atoms with Gasteiger partial charge >= 0.3 is 5.97 Å². The molecule has 0 radical (unpaired) electrons. The number of para-hydroxylation sites is 1. The van der Waals surface area contributed by atoms with Gasteiger partial charge in [0.25, 0.3) is 5.91 Å². The summed E-state index contributed by atoms with van der Waals surface area (Å²) in [5, 5.41) is 8.90. The van der Waals surface area contributed by atoms with Gasteiger partial charge in [0.1, 0.15) is 0 Å². The van der Waals surface area contributed by atoms with E-state index in [1.165, 1.54) is 12.0 Å². The molecule has 0 aliphatic carbocycles. The summed E-state index contributed by atoms with van der Waals surface area (Å²) in [6.45, 7) is 0.178. The molecule has 0 saturated heterocycles. The second-order valence-electron chi connectivity index (χ2n) is 7.65. The molecule has 182 valence electrons. The fraction of sp³-hybridized carbons (Fsp3) is 0.192. The SMILES string of the molecule is CNc1ccc(C(=O)N(CCC(=O)OC)c2ccccc2)cc1NC(=O)CNc1ccc(N)cc1. The molecule has 9 nitrogen and oxygen atoms in total. The van der Waals surface area contributed by atoms with Crippen molar-refractivity contribution in [3.8, 4) is 0 Å². The minimum atomic E-state index is -0.411. The molecule has 0 aromatic heterocycles. The minimum absolute atomic E-state index is 0.0283. The molecule has 0 spiro atoms. The van der Waals surface area contributed by atoms with Gasteiger partial charge in [-0.2, -0.15) is 0 Å². The highest BCUT2D eigenvalue weighted by molar-refractivity contribution is 6.08. The molecule has 0 unspecified atom stereocenters. The quantitative estimate of drug-likeness (QED) is 0.261. The van der Waals surface area contributed by atoms with Gasteiger partial charge in [-0.1, -0.05) is 18.2 Å². The molecule has 3 aromatic carbocycles. The van der Waals surface area contributed by atoms with Gasteiger partial charge in [0.2, 0.25) is 5.91 Å². The molecular weight excluding hydrogens is 446 g/mol. The Morgan fingerprint density at radius 1 is 0.943 bits per heavy atom. The average molecular weight is 476 g/mol. The van der Waals surface area contributed by atoms with E-state index in [1.807, 2.05) is 18.2 Å². The van der Waals surface area contributed by atoms with Gasteiger partial charge in [0.15, 0.2) is 0 Å². The Labute approximate surface area is 204 Å². The van der Waals surface area contributed by atoms with E-state index in [9.17, 15) is 14.4 Å². The number of ether oxygens (including phenoxy) is 1. The Morgan fingerprint density at radius 2 is 1.66 bits per heavy atom. The van der Waals surface area contributed by atoms with E-state index in [4.69, 9.17) is 10.5 Å². The van der Waals surface area contributed by atoms with Crippen LogP contribution < -0.4 is 26.6 Å². The number of hydrogen-bond donors (Lipinski definition) is 4. The molecule has 0 aliphatic heterocycles. The van der Waals surface area contributed by atoms with Crippen LogP contribution in [-0.2, 0) is 14.3 Å². The van der Waals surface area contributed by atoms with Crippen LogP contribution in [-0.4, -0.2) is 45.0 Å². The number of carbonyl (C=O) groups excluding carboxylic acids is 3. The molecule has 0 saturated carbocycles. The number of nitrogens with zero attached hydrogens (tertiary/aromatic N) is 1. The van der Waals surface area contributed by atoms with Crippen molar-refractivity contribution < 1.29 is 19.1 Å². The van der Waals surface area contributed by atoms with Gasteiger partial charge in [-0.3, -0.25) is 14.4 Å². The third-order valence-electron chi connectivity index (χ3n) is 5.25. The van der Waals surface area contributed by atoms with Crippen molar-refractivity contribution in [2.24, 2.45) is 0 Å². The lowest BCUT2D eigenvalue weighted by molar-refractivity contribution is -0.140. The number of esters is 1. The lowest BCUT2D eigenvalue weighted by atomic mass is 10.1. The molecule has 2 amide bonds. The van der Waals surface area contributed by atoms with E-state index in [1.54, 1.807) is 61.6 Å². The number of amides is 2. The van der Waals surface area contributed by atoms with Crippen LogP contribution in [0.5, 0.6) is 0 Å². The maximum Gasteiger partial charge on any atom is 0.307 e. The number of anilines is 5. The van der Waals surface area contributed by atoms with E-state index in [-0.39, 0.29) is 31.3 Å². The summed E-state index contributed by atoms with van der Waals surface area (Å²) in [6.07, 6.45) is 0.0477. The highest BCUT2D eigenvalue weighted by Crippen LogP contribution is 2.25. The summed E-state index contributed by atoms with van der Waals surface area (Å²) >= 11 is 0. The number of methoxy groups -OCH3 is 1. The largest absolute Gasteiger partial charge is 0.469 e. The number of hydrogen-bond acceptors (Lipinski definition) is 7. The maximum atomic E-state index is 13.4. The standard InChI is InChI=1S/C26H29N5O4/c1-28-22-13-8-18(16-23(22)30-24(32)17-29-20-11-9-19(27)10-12-20)26(34)31(15-14-25(33)35-2)21-6-4-3-5-7-21/h3-13,16,28-29H,14-15,17,27H2,1-2H3,(H,30,32). The number of benzene rings is 3. The average Bonchev–Trinajstić information content (AvgIpc) is 2.88. The Kier molecular flexibility index (Phi) is 8.66. The van der Waals surface area contributed by atoms with Crippen molar-refractivity contribution in [1.82, 2.24) is 0 Å². The van der Waals surface area contributed by atoms with E-state index < -0.39 is 5.97 Å². The first kappa shape index (κ1) is 25.1. The van der Waals surface area contributed by atoms with Gasteiger partial charge in [0, 0.05) is 36.2 Å². The highest BCUT2D eigenvalue weighted by Gasteiger charge is 2.20. The summed E-state index contributed by atoms with van der Waals surface area (Å²) in [6, 6.07) is 21.1. The normalized spacial score (nSPS) is 10.2. The first-order valence-corrected chi connectivity index (χ1v) is 11.1. The van der Waals surface area contributed by atoms with Gasteiger partial charge in [-0.05, 0) is 54.6 Å². The van der Waals surface area contributed by atoms with Gasteiger partial charge in [-0.15, -0.1) is 0 Å². The summed E-state index contributed by atoms with van der Waals surface area (Å²) in [4.78, 5) is 39.3. The fourth-order valence-electron chi connectivity index (χ4n) is 3.39. The van der Waals surface area contributed by atoms with Gasteiger partial charge < -0.3 is 31.3 Å². The Balaban J connectivity index is 1.78. The summed E-state index contributed by atoms with van der Waals surface area (Å²) in [7, 11) is 3.04.